The van der Waals surface area contributed by atoms with Crippen LogP contribution in [-0.2, 0) is 13.1 Å². The van der Waals surface area contributed by atoms with E-state index in [-0.39, 0.29) is 11.9 Å². The number of hydrogen-bond acceptors (Lipinski definition) is 7. The van der Waals surface area contributed by atoms with Crippen molar-refractivity contribution in [3.8, 4) is 0 Å². The van der Waals surface area contributed by atoms with Gasteiger partial charge in [-0.2, -0.15) is 0 Å². The molecule has 4 rings (SSSR count). The molecule has 0 aliphatic carbocycles. The van der Waals surface area contributed by atoms with Crippen molar-refractivity contribution in [3.63, 3.8) is 0 Å². The topological polar surface area (TPSA) is 97.0 Å². The highest BCUT2D eigenvalue weighted by Crippen LogP contribution is 2.29. The van der Waals surface area contributed by atoms with Gasteiger partial charge in [-0.1, -0.05) is 18.2 Å². The number of hydrogen-bond donors (Lipinski definition) is 2. The Kier molecular flexibility index (Phi) is 3.58. The van der Waals surface area contributed by atoms with E-state index in [9.17, 15) is 4.79 Å². The van der Waals surface area contributed by atoms with Crippen molar-refractivity contribution in [1.29, 1.82) is 0 Å². The van der Waals surface area contributed by atoms with Gasteiger partial charge >= 0.3 is 0 Å². The summed E-state index contributed by atoms with van der Waals surface area (Å²) < 4.78 is 0. The highest BCUT2D eigenvalue weighted by atomic mass is 32.1. The Morgan fingerprint density at radius 3 is 2.88 bits per heavy atom. The van der Waals surface area contributed by atoms with Crippen molar-refractivity contribution >= 4 is 34.0 Å². The zero-order valence-electron chi connectivity index (χ0n) is 12.6. The summed E-state index contributed by atoms with van der Waals surface area (Å²) in [7, 11) is 0. The van der Waals surface area contributed by atoms with Crippen LogP contribution in [0.2, 0.25) is 0 Å². The zero-order chi connectivity index (χ0) is 16.5. The fourth-order valence-electron chi connectivity index (χ4n) is 2.53. The second-order valence-corrected chi connectivity index (χ2v) is 6.23. The van der Waals surface area contributed by atoms with E-state index in [0.29, 0.717) is 18.8 Å². The first-order valence-electron chi connectivity index (χ1n) is 7.36. The van der Waals surface area contributed by atoms with Crippen molar-refractivity contribution in [3.05, 3.63) is 58.9 Å². The van der Waals surface area contributed by atoms with Crippen LogP contribution in [0, 0.1) is 0 Å². The second kappa shape index (κ2) is 5.89. The minimum absolute atomic E-state index is 0.218. The van der Waals surface area contributed by atoms with E-state index in [2.05, 4.69) is 25.2 Å². The summed E-state index contributed by atoms with van der Waals surface area (Å²) >= 11 is 1.44. The number of nitrogens with zero attached hydrogens (tertiary/aromatic N) is 4. The summed E-state index contributed by atoms with van der Waals surface area (Å²) in [6.07, 6.45) is 1.74. The third-order valence-electron chi connectivity index (χ3n) is 3.70. The molecule has 7 nitrogen and oxygen atoms in total. The highest BCUT2D eigenvalue weighted by molar-refractivity contribution is 7.13. The average Bonchev–Trinajstić information content (AvgIpc) is 3.22. The number of aromatic nitrogens is 3. The van der Waals surface area contributed by atoms with Crippen LogP contribution in [0.1, 0.15) is 21.7 Å². The smallest absolute Gasteiger partial charge is 0.275 e. The standard InChI is InChI=1S/C16H14N6OS/c17-15-18-6-10-7-22(8-12(10)20-15)16-21-13(9-24-16)14(23)19-11-4-2-1-3-5-11/h1-6,9H,7-8H2,(H,19,23)(H2,17,18,20). The molecule has 120 valence electrons. The van der Waals surface area contributed by atoms with Crippen molar-refractivity contribution in [2.75, 3.05) is 16.0 Å². The number of rotatable bonds is 3. The summed E-state index contributed by atoms with van der Waals surface area (Å²) in [4.78, 5) is 27.1. The number of para-hydroxylation sites is 1. The molecule has 3 aromatic rings. The van der Waals surface area contributed by atoms with E-state index < -0.39 is 0 Å². The molecule has 8 heteroatoms. The largest absolute Gasteiger partial charge is 0.368 e. The predicted octanol–water partition coefficient (Wildman–Crippen LogP) is 2.29. The summed E-state index contributed by atoms with van der Waals surface area (Å²) in [5, 5.41) is 5.38. The van der Waals surface area contributed by atoms with Gasteiger partial charge in [0.15, 0.2) is 5.13 Å². The van der Waals surface area contributed by atoms with E-state index in [0.717, 1.165) is 22.1 Å². The van der Waals surface area contributed by atoms with Gasteiger partial charge in [-0.15, -0.1) is 11.3 Å². The Bertz CT molecular complexity index is 895. The van der Waals surface area contributed by atoms with Crippen LogP contribution in [0.15, 0.2) is 41.9 Å². The van der Waals surface area contributed by atoms with Crippen LogP contribution in [0.25, 0.3) is 0 Å². The lowest BCUT2D eigenvalue weighted by Gasteiger charge is -2.12. The fraction of sp³-hybridized carbons (Fsp3) is 0.125. The first kappa shape index (κ1) is 14.6. The highest BCUT2D eigenvalue weighted by Gasteiger charge is 2.24. The number of benzene rings is 1. The summed E-state index contributed by atoms with van der Waals surface area (Å²) in [6.45, 7) is 1.29. The molecule has 1 aliphatic rings. The van der Waals surface area contributed by atoms with E-state index in [1.807, 2.05) is 30.3 Å². The molecule has 0 bridgehead atoms. The van der Waals surface area contributed by atoms with Gasteiger partial charge in [0.1, 0.15) is 5.69 Å². The zero-order valence-corrected chi connectivity index (χ0v) is 13.5. The number of thiazole rings is 1. The van der Waals surface area contributed by atoms with Crippen molar-refractivity contribution in [2.24, 2.45) is 0 Å². The molecule has 2 aromatic heterocycles. The van der Waals surface area contributed by atoms with E-state index in [4.69, 9.17) is 5.73 Å². The lowest BCUT2D eigenvalue weighted by Crippen LogP contribution is -2.16. The maximum absolute atomic E-state index is 12.3. The SMILES string of the molecule is Nc1ncc2c(n1)CN(c1nc(C(=O)Nc3ccccc3)cs1)C2. The van der Waals surface area contributed by atoms with Crippen molar-refractivity contribution in [2.45, 2.75) is 13.1 Å². The van der Waals surface area contributed by atoms with Crippen LogP contribution in [0.4, 0.5) is 16.8 Å². The summed E-state index contributed by atoms with van der Waals surface area (Å²) in [5.41, 5.74) is 8.72. The van der Waals surface area contributed by atoms with Crippen LogP contribution < -0.4 is 16.0 Å². The van der Waals surface area contributed by atoms with Gasteiger partial charge in [0.25, 0.3) is 5.91 Å². The Balaban J connectivity index is 1.49. The quantitative estimate of drug-likeness (QED) is 0.760. The van der Waals surface area contributed by atoms with E-state index in [1.165, 1.54) is 11.3 Å². The van der Waals surface area contributed by atoms with Gasteiger partial charge in [-0.05, 0) is 12.1 Å². The number of fused-ring (bicyclic) bond motifs is 1. The first-order valence-corrected chi connectivity index (χ1v) is 8.24. The Morgan fingerprint density at radius 2 is 2.04 bits per heavy atom. The Labute approximate surface area is 142 Å². The molecule has 1 aliphatic heterocycles. The van der Waals surface area contributed by atoms with Crippen LogP contribution >= 0.6 is 11.3 Å². The molecule has 0 unspecified atom stereocenters. The van der Waals surface area contributed by atoms with Gasteiger partial charge in [0, 0.05) is 29.4 Å². The summed E-state index contributed by atoms with van der Waals surface area (Å²) in [5.74, 6) is 0.0575. The van der Waals surface area contributed by atoms with Crippen LogP contribution in [-0.4, -0.2) is 20.9 Å². The van der Waals surface area contributed by atoms with Crippen molar-refractivity contribution < 1.29 is 4.79 Å². The van der Waals surface area contributed by atoms with Crippen molar-refractivity contribution in [1.82, 2.24) is 15.0 Å². The Morgan fingerprint density at radius 1 is 1.21 bits per heavy atom. The van der Waals surface area contributed by atoms with Crippen LogP contribution in [0.5, 0.6) is 0 Å². The molecule has 0 spiro atoms. The van der Waals surface area contributed by atoms with Gasteiger partial charge in [-0.3, -0.25) is 4.79 Å². The number of carbonyl (C=O) groups excluding carboxylic acids is 1. The molecular formula is C16H14N6OS. The molecule has 3 N–H and O–H groups in total. The van der Waals surface area contributed by atoms with Gasteiger partial charge < -0.3 is 16.0 Å². The van der Waals surface area contributed by atoms with Crippen LogP contribution in [0.3, 0.4) is 0 Å². The summed E-state index contributed by atoms with van der Waals surface area (Å²) in [6, 6.07) is 9.32. The number of nitrogen functional groups attached to an aromatic ring is 1. The average molecular weight is 338 g/mol. The maximum atomic E-state index is 12.3. The minimum Gasteiger partial charge on any atom is -0.368 e. The molecular weight excluding hydrogens is 324 g/mol. The normalized spacial score (nSPS) is 12.9. The molecule has 1 amide bonds. The molecule has 0 saturated carbocycles. The third kappa shape index (κ3) is 2.79. The minimum atomic E-state index is -0.218. The third-order valence-corrected chi connectivity index (χ3v) is 4.60. The predicted molar refractivity (Wildman–Crippen MR) is 92.8 cm³/mol. The molecule has 0 saturated heterocycles. The van der Waals surface area contributed by atoms with Gasteiger partial charge in [0.2, 0.25) is 5.95 Å². The monoisotopic (exact) mass is 338 g/mol. The van der Waals surface area contributed by atoms with E-state index in [1.54, 1.807) is 11.6 Å². The van der Waals surface area contributed by atoms with Gasteiger partial charge in [-0.25, -0.2) is 15.0 Å². The molecule has 0 atom stereocenters. The number of anilines is 3. The Hall–Kier alpha value is -3.00. The lowest BCUT2D eigenvalue weighted by molar-refractivity contribution is 0.102. The molecule has 0 fully saturated rings. The second-order valence-electron chi connectivity index (χ2n) is 5.39. The lowest BCUT2D eigenvalue weighted by atomic mass is 10.3. The first-order chi connectivity index (χ1) is 11.7. The molecule has 3 heterocycles. The van der Waals surface area contributed by atoms with E-state index >= 15 is 0 Å². The maximum Gasteiger partial charge on any atom is 0.275 e. The number of nitrogens with two attached hydrogens (primary N) is 1. The number of amides is 1. The molecule has 24 heavy (non-hydrogen) atoms. The number of nitrogens with one attached hydrogen (secondary N) is 1. The van der Waals surface area contributed by atoms with Gasteiger partial charge in [0.05, 0.1) is 12.2 Å². The molecule has 1 aromatic carbocycles. The number of carbonyl (C=O) groups is 1. The molecule has 0 radical (unpaired) electrons. The fourth-order valence-corrected chi connectivity index (χ4v) is 3.34.